The number of aromatic nitrogens is 4. The number of benzene rings is 1. The summed E-state index contributed by atoms with van der Waals surface area (Å²) in [7, 11) is 1.31. The van der Waals surface area contributed by atoms with Gasteiger partial charge in [0.25, 0.3) is 6.43 Å². The van der Waals surface area contributed by atoms with Crippen molar-refractivity contribution in [3.05, 3.63) is 54.1 Å². The molecule has 0 saturated carbocycles. The molecule has 0 aliphatic carbocycles. The van der Waals surface area contributed by atoms with E-state index in [2.05, 4.69) is 30.4 Å². The summed E-state index contributed by atoms with van der Waals surface area (Å²) in [5.41, 5.74) is 3.07. The van der Waals surface area contributed by atoms with Gasteiger partial charge in [-0.05, 0) is 36.2 Å². The van der Waals surface area contributed by atoms with Gasteiger partial charge in [-0.1, -0.05) is 6.07 Å². The summed E-state index contributed by atoms with van der Waals surface area (Å²) in [5, 5.41) is 9.84. The van der Waals surface area contributed by atoms with E-state index in [0.29, 0.717) is 18.8 Å². The molecule has 0 fully saturated rings. The Hall–Kier alpha value is -3.56. The topological polar surface area (TPSA) is 94.0 Å². The standard InChI is InChI=1S/C19H20F2N6O2/c1-12-7-13(14-10-24-27(11-14)6-5-23-19(28)29-2)9-15(8-12)25-18-22-4-3-16(26-18)17(20)21/h3-4,7-11,17H,5-6H2,1-2H3,(H,23,28)(H,22,25,26). The number of carbonyl (C=O) groups excluding carboxylic acids is 1. The van der Waals surface area contributed by atoms with E-state index in [0.717, 1.165) is 16.7 Å². The maximum absolute atomic E-state index is 12.8. The highest BCUT2D eigenvalue weighted by Gasteiger charge is 2.11. The molecule has 152 valence electrons. The minimum Gasteiger partial charge on any atom is -0.453 e. The second kappa shape index (κ2) is 9.09. The van der Waals surface area contributed by atoms with Gasteiger partial charge in [0.2, 0.25) is 5.95 Å². The fourth-order valence-corrected chi connectivity index (χ4v) is 2.69. The average Bonchev–Trinajstić information content (AvgIpc) is 3.16. The third-order valence-corrected chi connectivity index (χ3v) is 4.00. The number of hydrogen-bond donors (Lipinski definition) is 2. The van der Waals surface area contributed by atoms with Crippen LogP contribution in [0, 0.1) is 6.92 Å². The van der Waals surface area contributed by atoms with E-state index >= 15 is 0 Å². The van der Waals surface area contributed by atoms with E-state index in [9.17, 15) is 13.6 Å². The average molecular weight is 402 g/mol. The van der Waals surface area contributed by atoms with Gasteiger partial charge in [-0.2, -0.15) is 5.10 Å². The van der Waals surface area contributed by atoms with Gasteiger partial charge in [0.15, 0.2) is 0 Å². The molecule has 10 heteroatoms. The van der Waals surface area contributed by atoms with Crippen LogP contribution in [0.5, 0.6) is 0 Å². The van der Waals surface area contributed by atoms with Crippen molar-refractivity contribution in [1.82, 2.24) is 25.1 Å². The van der Waals surface area contributed by atoms with Gasteiger partial charge in [0, 0.05) is 30.2 Å². The number of amides is 1. The molecule has 3 rings (SSSR count). The lowest BCUT2D eigenvalue weighted by Crippen LogP contribution is -2.26. The van der Waals surface area contributed by atoms with Crippen LogP contribution in [0.3, 0.4) is 0 Å². The Balaban J connectivity index is 1.74. The van der Waals surface area contributed by atoms with Gasteiger partial charge >= 0.3 is 6.09 Å². The number of rotatable bonds is 7. The molecule has 3 aromatic rings. The van der Waals surface area contributed by atoms with Crippen LogP contribution in [-0.2, 0) is 11.3 Å². The van der Waals surface area contributed by atoms with Crippen molar-refractivity contribution in [2.45, 2.75) is 19.9 Å². The van der Waals surface area contributed by atoms with Crippen LogP contribution in [0.25, 0.3) is 11.1 Å². The van der Waals surface area contributed by atoms with Crippen LogP contribution < -0.4 is 10.6 Å². The van der Waals surface area contributed by atoms with E-state index in [4.69, 9.17) is 0 Å². The molecule has 0 aliphatic heterocycles. The van der Waals surface area contributed by atoms with Crippen molar-refractivity contribution in [1.29, 1.82) is 0 Å². The van der Waals surface area contributed by atoms with E-state index in [1.807, 2.05) is 31.3 Å². The Morgan fingerprint density at radius 3 is 2.86 bits per heavy atom. The van der Waals surface area contributed by atoms with Crippen LogP contribution in [0.1, 0.15) is 17.7 Å². The SMILES string of the molecule is COC(=O)NCCn1cc(-c2cc(C)cc(Nc3nccc(C(F)F)n3)c2)cn1. The number of carbonyl (C=O) groups is 1. The number of alkyl carbamates (subject to hydrolysis) is 1. The van der Waals surface area contributed by atoms with E-state index in [1.54, 1.807) is 10.9 Å². The normalized spacial score (nSPS) is 10.8. The third-order valence-electron chi connectivity index (χ3n) is 4.00. The fourth-order valence-electron chi connectivity index (χ4n) is 2.69. The minimum atomic E-state index is -2.66. The van der Waals surface area contributed by atoms with Gasteiger partial charge in [0.1, 0.15) is 5.69 Å². The predicted molar refractivity (Wildman–Crippen MR) is 103 cm³/mol. The summed E-state index contributed by atoms with van der Waals surface area (Å²) in [6.07, 6.45) is 1.70. The lowest BCUT2D eigenvalue weighted by molar-refractivity contribution is 0.146. The van der Waals surface area contributed by atoms with Gasteiger partial charge in [-0.3, -0.25) is 4.68 Å². The molecule has 8 nitrogen and oxygen atoms in total. The van der Waals surface area contributed by atoms with Crippen LogP contribution in [0.15, 0.2) is 42.9 Å². The van der Waals surface area contributed by atoms with Crippen molar-refractivity contribution in [3.63, 3.8) is 0 Å². The van der Waals surface area contributed by atoms with Crippen molar-refractivity contribution in [2.75, 3.05) is 19.0 Å². The molecule has 0 bridgehead atoms. The van der Waals surface area contributed by atoms with Crippen LogP contribution >= 0.6 is 0 Å². The smallest absolute Gasteiger partial charge is 0.406 e. The van der Waals surface area contributed by atoms with Crippen LogP contribution in [0.2, 0.25) is 0 Å². The highest BCUT2D eigenvalue weighted by Crippen LogP contribution is 2.26. The highest BCUT2D eigenvalue weighted by atomic mass is 19.3. The molecule has 0 saturated heterocycles. The van der Waals surface area contributed by atoms with Crippen LogP contribution in [0.4, 0.5) is 25.2 Å². The zero-order chi connectivity index (χ0) is 20.8. The number of alkyl halides is 2. The first-order chi connectivity index (χ1) is 13.9. The summed E-state index contributed by atoms with van der Waals surface area (Å²) < 4.78 is 31.9. The molecule has 0 atom stereocenters. The largest absolute Gasteiger partial charge is 0.453 e. The number of anilines is 2. The quantitative estimate of drug-likeness (QED) is 0.626. The number of halogens is 2. The highest BCUT2D eigenvalue weighted by molar-refractivity contribution is 5.70. The zero-order valence-corrected chi connectivity index (χ0v) is 15.9. The number of hydrogen-bond acceptors (Lipinski definition) is 6. The first-order valence-electron chi connectivity index (χ1n) is 8.79. The Labute approximate surface area is 165 Å². The lowest BCUT2D eigenvalue weighted by atomic mass is 10.1. The van der Waals surface area contributed by atoms with E-state index < -0.39 is 12.5 Å². The Morgan fingerprint density at radius 2 is 2.10 bits per heavy atom. The maximum Gasteiger partial charge on any atom is 0.406 e. The predicted octanol–water partition coefficient (Wildman–Crippen LogP) is 3.69. The summed E-state index contributed by atoms with van der Waals surface area (Å²) in [5.74, 6) is 0.101. The molecule has 2 heterocycles. The molecule has 0 unspecified atom stereocenters. The van der Waals surface area contributed by atoms with Gasteiger partial charge < -0.3 is 15.4 Å². The molecular formula is C19H20F2N6O2. The summed E-state index contributed by atoms with van der Waals surface area (Å²) in [6, 6.07) is 6.89. The molecule has 29 heavy (non-hydrogen) atoms. The zero-order valence-electron chi connectivity index (χ0n) is 15.9. The van der Waals surface area contributed by atoms with Crippen LogP contribution in [-0.4, -0.2) is 39.5 Å². The lowest BCUT2D eigenvalue weighted by Gasteiger charge is -2.09. The molecule has 1 amide bonds. The molecule has 1 aromatic carbocycles. The fraction of sp³-hybridized carbons (Fsp3) is 0.263. The van der Waals surface area contributed by atoms with Crippen molar-refractivity contribution in [3.8, 4) is 11.1 Å². The monoisotopic (exact) mass is 402 g/mol. The molecule has 2 aromatic heterocycles. The molecular weight excluding hydrogens is 382 g/mol. The summed E-state index contributed by atoms with van der Waals surface area (Å²) >= 11 is 0. The first-order valence-corrected chi connectivity index (χ1v) is 8.79. The summed E-state index contributed by atoms with van der Waals surface area (Å²) in [6.45, 7) is 2.79. The summed E-state index contributed by atoms with van der Waals surface area (Å²) in [4.78, 5) is 18.9. The molecule has 0 spiro atoms. The van der Waals surface area contributed by atoms with Crippen molar-refractivity contribution >= 4 is 17.7 Å². The van der Waals surface area contributed by atoms with Gasteiger partial charge in [-0.25, -0.2) is 23.5 Å². The molecule has 0 aliphatic rings. The first kappa shape index (κ1) is 20.2. The number of aryl methyl sites for hydroxylation is 1. The van der Waals surface area contributed by atoms with E-state index in [1.165, 1.54) is 19.4 Å². The number of nitrogens with one attached hydrogen (secondary N) is 2. The number of methoxy groups -OCH3 is 1. The Morgan fingerprint density at radius 1 is 1.28 bits per heavy atom. The molecule has 0 radical (unpaired) electrons. The minimum absolute atomic E-state index is 0.101. The molecule has 2 N–H and O–H groups in total. The van der Waals surface area contributed by atoms with Crippen molar-refractivity contribution in [2.24, 2.45) is 0 Å². The second-order valence-electron chi connectivity index (χ2n) is 6.23. The van der Waals surface area contributed by atoms with Gasteiger partial charge in [-0.15, -0.1) is 0 Å². The third kappa shape index (κ3) is 5.47. The number of ether oxygens (including phenoxy) is 1. The second-order valence-corrected chi connectivity index (χ2v) is 6.23. The van der Waals surface area contributed by atoms with E-state index in [-0.39, 0.29) is 11.6 Å². The Kier molecular flexibility index (Phi) is 6.32. The van der Waals surface area contributed by atoms with Gasteiger partial charge in [0.05, 0.1) is 19.9 Å². The maximum atomic E-state index is 12.8. The number of nitrogens with zero attached hydrogens (tertiary/aromatic N) is 4. The Bertz CT molecular complexity index is 992. The van der Waals surface area contributed by atoms with Crippen molar-refractivity contribution < 1.29 is 18.3 Å².